The van der Waals surface area contributed by atoms with E-state index in [0.29, 0.717) is 5.82 Å². The Morgan fingerprint density at radius 3 is 2.86 bits per heavy atom. The van der Waals surface area contributed by atoms with E-state index in [4.69, 9.17) is 4.52 Å². The summed E-state index contributed by atoms with van der Waals surface area (Å²) in [5.74, 6) is 0.616. The van der Waals surface area contributed by atoms with Gasteiger partial charge in [0.25, 0.3) is 0 Å². The maximum Gasteiger partial charge on any atom is 0.214 e. The van der Waals surface area contributed by atoms with Gasteiger partial charge in [0.1, 0.15) is 0 Å². The van der Waals surface area contributed by atoms with Crippen molar-refractivity contribution in [1.29, 1.82) is 0 Å². The Morgan fingerprint density at radius 2 is 2.21 bits per heavy atom. The molecule has 0 radical (unpaired) electrons. The average Bonchev–Trinajstić information content (AvgIpc) is 2.69. The molecule has 0 amide bonds. The first-order valence-electron chi connectivity index (χ1n) is 4.54. The highest BCUT2D eigenvalue weighted by molar-refractivity contribution is 5.54. The van der Waals surface area contributed by atoms with Crippen LogP contribution in [0.15, 0.2) is 23.0 Å². The predicted octanol–water partition coefficient (Wildman–Crippen LogP) is 2.00. The third-order valence-electron chi connectivity index (χ3n) is 1.99. The quantitative estimate of drug-likeness (QED) is 0.725. The summed E-state index contributed by atoms with van der Waals surface area (Å²) in [7, 11) is 0. The summed E-state index contributed by atoms with van der Waals surface area (Å²) in [6, 6.07) is 3.93. The summed E-state index contributed by atoms with van der Waals surface area (Å²) in [5.41, 5.74) is 2.98. The van der Waals surface area contributed by atoms with Gasteiger partial charge in [0.15, 0.2) is 0 Å². The molecule has 0 aromatic carbocycles. The van der Waals surface area contributed by atoms with Crippen molar-refractivity contribution in [1.82, 2.24) is 15.1 Å². The van der Waals surface area contributed by atoms with Crippen LogP contribution in [0.5, 0.6) is 0 Å². The smallest absolute Gasteiger partial charge is 0.214 e. The zero-order valence-corrected chi connectivity index (χ0v) is 8.19. The van der Waals surface area contributed by atoms with Crippen LogP contribution >= 0.6 is 0 Å². The van der Waals surface area contributed by atoms with Crippen molar-refractivity contribution in [3.63, 3.8) is 0 Å². The zero-order valence-electron chi connectivity index (χ0n) is 8.19. The second-order valence-electron chi connectivity index (χ2n) is 3.10. The van der Waals surface area contributed by atoms with Crippen molar-refractivity contribution in [2.45, 2.75) is 20.3 Å². The minimum absolute atomic E-state index is 0.616. The summed E-state index contributed by atoms with van der Waals surface area (Å²) >= 11 is 0. The molecule has 2 rings (SSSR count). The summed E-state index contributed by atoms with van der Waals surface area (Å²) in [4.78, 5) is 8.37. The Labute approximate surface area is 82.0 Å². The molecule has 14 heavy (non-hydrogen) atoms. The number of rotatable bonds is 2. The fourth-order valence-electron chi connectivity index (χ4n) is 1.35. The Morgan fingerprint density at radius 1 is 1.36 bits per heavy atom. The molecular weight excluding hydrogens is 178 g/mol. The largest absolute Gasteiger partial charge is 0.342 e. The molecular formula is C10H11N3O. The van der Waals surface area contributed by atoms with Crippen LogP contribution in [0, 0.1) is 6.92 Å². The normalized spacial score (nSPS) is 10.4. The summed E-state index contributed by atoms with van der Waals surface area (Å²) in [6.45, 7) is 4.03. The van der Waals surface area contributed by atoms with Crippen LogP contribution in [0.4, 0.5) is 0 Å². The van der Waals surface area contributed by atoms with Crippen molar-refractivity contribution in [3.8, 4) is 11.4 Å². The van der Waals surface area contributed by atoms with Gasteiger partial charge < -0.3 is 4.52 Å². The van der Waals surface area contributed by atoms with Gasteiger partial charge in [-0.25, -0.2) is 0 Å². The number of nitrogens with zero attached hydrogens (tertiary/aromatic N) is 3. The second kappa shape index (κ2) is 3.57. The molecule has 4 nitrogen and oxygen atoms in total. The number of hydrogen-bond donors (Lipinski definition) is 0. The lowest BCUT2D eigenvalue weighted by Gasteiger charge is -2.01. The number of aromatic nitrogens is 3. The molecule has 72 valence electrons. The molecule has 0 fully saturated rings. The van der Waals surface area contributed by atoms with E-state index >= 15 is 0 Å². The lowest BCUT2D eigenvalue weighted by molar-refractivity contribution is 0.418. The number of aryl methyl sites for hydroxylation is 2. The fourth-order valence-corrected chi connectivity index (χ4v) is 1.35. The van der Waals surface area contributed by atoms with E-state index in [9.17, 15) is 0 Å². The molecule has 2 aromatic rings. The Hall–Kier alpha value is -1.71. The van der Waals surface area contributed by atoms with E-state index in [-0.39, 0.29) is 0 Å². The highest BCUT2D eigenvalue weighted by Crippen LogP contribution is 2.16. The third-order valence-corrected chi connectivity index (χ3v) is 1.99. The molecule has 0 unspecified atom stereocenters. The van der Waals surface area contributed by atoms with E-state index < -0.39 is 0 Å². The molecule has 2 aromatic heterocycles. The van der Waals surface area contributed by atoms with Crippen molar-refractivity contribution in [2.24, 2.45) is 0 Å². The monoisotopic (exact) mass is 189 g/mol. The molecule has 0 aliphatic rings. The highest BCUT2D eigenvalue weighted by Gasteiger charge is 2.05. The van der Waals surface area contributed by atoms with Crippen LogP contribution in [-0.2, 0) is 6.42 Å². The SMILES string of the molecule is CCc1cc(-c2ncon2)cc(C)n1. The van der Waals surface area contributed by atoms with Gasteiger partial charge in [-0.1, -0.05) is 12.1 Å². The second-order valence-corrected chi connectivity index (χ2v) is 3.10. The topological polar surface area (TPSA) is 51.8 Å². The Kier molecular flexibility index (Phi) is 2.26. The fraction of sp³-hybridized carbons (Fsp3) is 0.300. The summed E-state index contributed by atoms with van der Waals surface area (Å²) in [6.07, 6.45) is 2.24. The maximum atomic E-state index is 4.70. The molecule has 0 bridgehead atoms. The van der Waals surface area contributed by atoms with Crippen LogP contribution in [-0.4, -0.2) is 15.1 Å². The van der Waals surface area contributed by atoms with Gasteiger partial charge in [0.05, 0.1) is 0 Å². The van der Waals surface area contributed by atoms with Crippen LogP contribution in [0.3, 0.4) is 0 Å². The first-order valence-corrected chi connectivity index (χ1v) is 4.54. The van der Waals surface area contributed by atoms with Gasteiger partial charge in [0.2, 0.25) is 12.2 Å². The van der Waals surface area contributed by atoms with Gasteiger partial charge in [-0.15, -0.1) is 0 Å². The van der Waals surface area contributed by atoms with Gasteiger partial charge in [-0.05, 0) is 25.5 Å². The maximum absolute atomic E-state index is 4.70. The Bertz CT molecular complexity index is 423. The highest BCUT2D eigenvalue weighted by atomic mass is 16.5. The first kappa shape index (κ1) is 8.87. The molecule has 0 aliphatic carbocycles. The molecule has 0 atom stereocenters. The predicted molar refractivity (Wildman–Crippen MR) is 51.6 cm³/mol. The van der Waals surface area contributed by atoms with Crippen LogP contribution in [0.1, 0.15) is 18.3 Å². The summed E-state index contributed by atoms with van der Waals surface area (Å²) in [5, 5.41) is 3.79. The van der Waals surface area contributed by atoms with E-state index in [1.807, 2.05) is 19.1 Å². The molecule has 2 heterocycles. The van der Waals surface area contributed by atoms with E-state index in [1.165, 1.54) is 6.39 Å². The number of pyridine rings is 1. The van der Waals surface area contributed by atoms with E-state index in [2.05, 4.69) is 22.0 Å². The van der Waals surface area contributed by atoms with Gasteiger partial charge in [-0.2, -0.15) is 4.98 Å². The standard InChI is InChI=1S/C10H11N3O/c1-3-9-5-8(4-7(2)12-9)10-11-6-14-13-10/h4-6H,3H2,1-2H3. The molecule has 0 spiro atoms. The third kappa shape index (κ3) is 1.64. The minimum Gasteiger partial charge on any atom is -0.342 e. The van der Waals surface area contributed by atoms with Gasteiger partial charge >= 0.3 is 0 Å². The van der Waals surface area contributed by atoms with Gasteiger partial charge in [-0.3, -0.25) is 4.98 Å². The average molecular weight is 189 g/mol. The van der Waals surface area contributed by atoms with Crippen molar-refractivity contribution < 1.29 is 4.52 Å². The molecule has 0 saturated heterocycles. The summed E-state index contributed by atoms with van der Waals surface area (Å²) < 4.78 is 4.70. The van der Waals surface area contributed by atoms with E-state index in [1.54, 1.807) is 0 Å². The molecule has 0 aliphatic heterocycles. The lowest BCUT2D eigenvalue weighted by Crippen LogP contribution is -1.92. The zero-order chi connectivity index (χ0) is 9.97. The van der Waals surface area contributed by atoms with Crippen molar-refractivity contribution in [3.05, 3.63) is 29.9 Å². The molecule has 4 heteroatoms. The number of hydrogen-bond acceptors (Lipinski definition) is 4. The van der Waals surface area contributed by atoms with Gasteiger partial charge in [0, 0.05) is 17.0 Å². The van der Waals surface area contributed by atoms with Crippen LogP contribution in [0.25, 0.3) is 11.4 Å². The minimum atomic E-state index is 0.616. The lowest BCUT2D eigenvalue weighted by atomic mass is 10.1. The first-order chi connectivity index (χ1) is 6.79. The Balaban J connectivity index is 2.48. The van der Waals surface area contributed by atoms with Crippen LogP contribution < -0.4 is 0 Å². The van der Waals surface area contributed by atoms with Crippen molar-refractivity contribution in [2.75, 3.05) is 0 Å². The van der Waals surface area contributed by atoms with Crippen LogP contribution in [0.2, 0.25) is 0 Å². The van der Waals surface area contributed by atoms with Crippen molar-refractivity contribution >= 4 is 0 Å². The van der Waals surface area contributed by atoms with E-state index in [0.717, 1.165) is 23.4 Å². The molecule has 0 N–H and O–H groups in total. The molecule has 0 saturated carbocycles.